The third kappa shape index (κ3) is 4.56. The Morgan fingerprint density at radius 2 is 1.85 bits per heavy atom. The molecule has 8 nitrogen and oxygen atoms in total. The number of aromatic nitrogens is 2. The van der Waals surface area contributed by atoms with Crippen LogP contribution in [-0.2, 0) is 0 Å². The summed E-state index contributed by atoms with van der Waals surface area (Å²) in [5.41, 5.74) is 12.7. The summed E-state index contributed by atoms with van der Waals surface area (Å²) in [4.78, 5) is 20.4. The first-order valence-corrected chi connectivity index (χ1v) is 8.28. The number of nitrogens with one attached hydrogen (secondary N) is 3. The number of amides is 1. The molecule has 1 amide bonds. The summed E-state index contributed by atoms with van der Waals surface area (Å²) in [6, 6.07) is 13.8. The van der Waals surface area contributed by atoms with Crippen molar-refractivity contribution in [1.29, 1.82) is 0 Å². The third-order valence-corrected chi connectivity index (χ3v) is 3.85. The van der Waals surface area contributed by atoms with Crippen LogP contribution in [0.1, 0.15) is 10.4 Å². The number of rotatable bonds is 6. The number of nitrogens with zero attached hydrogens (tertiary/aromatic N) is 2. The molecule has 2 aromatic carbocycles. The maximum Gasteiger partial charge on any atom is 0.269 e. The van der Waals surface area contributed by atoms with Crippen LogP contribution >= 0.6 is 11.6 Å². The van der Waals surface area contributed by atoms with Crippen LogP contribution in [0.15, 0.2) is 54.9 Å². The maximum atomic E-state index is 12.2. The Hall–Kier alpha value is -3.52. The number of hydrogen-bond donors (Lipinski definition) is 4. The molecule has 0 unspecified atom stereocenters. The van der Waals surface area contributed by atoms with Crippen LogP contribution in [0.2, 0.25) is 5.02 Å². The number of nitrogens with two attached hydrogens (primary N) is 1. The van der Waals surface area contributed by atoms with E-state index < -0.39 is 0 Å². The van der Waals surface area contributed by atoms with Crippen molar-refractivity contribution < 1.29 is 9.53 Å². The zero-order valence-electron chi connectivity index (χ0n) is 14.4. The van der Waals surface area contributed by atoms with Crippen molar-refractivity contribution in [2.45, 2.75) is 0 Å². The van der Waals surface area contributed by atoms with Gasteiger partial charge in [-0.3, -0.25) is 15.6 Å². The number of nitrogen functional groups attached to an aromatic ring is 1. The molecule has 5 N–H and O–H groups in total. The largest absolute Gasteiger partial charge is 0.497 e. The summed E-state index contributed by atoms with van der Waals surface area (Å²) in [6.45, 7) is 0. The lowest BCUT2D eigenvalue weighted by atomic mass is 10.2. The molecule has 0 atom stereocenters. The van der Waals surface area contributed by atoms with Gasteiger partial charge in [0.05, 0.1) is 7.11 Å². The lowest BCUT2D eigenvalue weighted by Crippen LogP contribution is -2.30. The highest BCUT2D eigenvalue weighted by atomic mass is 35.5. The van der Waals surface area contributed by atoms with Gasteiger partial charge < -0.3 is 15.8 Å². The molecule has 0 aliphatic heterocycles. The molecular formula is C18H17ClN6O2. The Bertz CT molecular complexity index is 949. The molecule has 27 heavy (non-hydrogen) atoms. The first kappa shape index (κ1) is 18.3. The molecule has 0 bridgehead atoms. The summed E-state index contributed by atoms with van der Waals surface area (Å²) in [6.07, 6.45) is 1.32. The summed E-state index contributed by atoms with van der Waals surface area (Å²) >= 11 is 5.97. The molecule has 3 aromatic rings. The second kappa shape index (κ2) is 8.24. The molecule has 0 saturated heterocycles. The molecule has 1 aromatic heterocycles. The van der Waals surface area contributed by atoms with E-state index in [1.165, 1.54) is 6.33 Å². The smallest absolute Gasteiger partial charge is 0.269 e. The molecule has 0 aliphatic carbocycles. The fourth-order valence-electron chi connectivity index (χ4n) is 2.23. The Labute approximate surface area is 160 Å². The molecule has 1 heterocycles. The molecule has 0 fully saturated rings. The van der Waals surface area contributed by atoms with Gasteiger partial charge in [-0.1, -0.05) is 17.7 Å². The van der Waals surface area contributed by atoms with Gasteiger partial charge in [0.25, 0.3) is 5.91 Å². The van der Waals surface area contributed by atoms with Crippen LogP contribution in [0.4, 0.5) is 23.0 Å². The summed E-state index contributed by atoms with van der Waals surface area (Å²) in [5.74, 6) is 0.959. The Morgan fingerprint density at radius 3 is 2.56 bits per heavy atom. The minimum absolute atomic E-state index is 0.243. The van der Waals surface area contributed by atoms with E-state index in [1.54, 1.807) is 49.6 Å². The number of hydrazine groups is 1. The molecule has 9 heteroatoms. The van der Waals surface area contributed by atoms with Gasteiger partial charge in [0, 0.05) is 16.3 Å². The van der Waals surface area contributed by atoms with Crippen LogP contribution in [0.5, 0.6) is 5.75 Å². The highest BCUT2D eigenvalue weighted by molar-refractivity contribution is 6.30. The van der Waals surface area contributed by atoms with E-state index in [0.717, 1.165) is 5.69 Å². The van der Waals surface area contributed by atoms with E-state index >= 15 is 0 Å². The Kier molecular flexibility index (Phi) is 5.58. The first-order valence-electron chi connectivity index (χ1n) is 7.90. The number of benzene rings is 2. The summed E-state index contributed by atoms with van der Waals surface area (Å²) in [5, 5.41) is 3.64. The first-order chi connectivity index (χ1) is 13.1. The number of carbonyl (C=O) groups is 1. The molecule has 138 valence electrons. The standard InChI is InChI=1S/C18H17ClN6O2/c1-27-14-7-5-11(6-8-14)18(26)25-24-17-15(20)16(21-10-22-17)23-13-4-2-3-12(19)9-13/h2-10H,20H2,1H3,(H,25,26)(H2,21,22,23,24). The van der Waals surface area contributed by atoms with E-state index in [0.29, 0.717) is 22.2 Å². The number of ether oxygens (including phenoxy) is 1. The van der Waals surface area contributed by atoms with Gasteiger partial charge in [0.2, 0.25) is 0 Å². The van der Waals surface area contributed by atoms with Crippen molar-refractivity contribution in [3.63, 3.8) is 0 Å². The maximum absolute atomic E-state index is 12.2. The second-order valence-corrected chi connectivity index (χ2v) is 5.86. The van der Waals surface area contributed by atoms with Crippen molar-refractivity contribution in [1.82, 2.24) is 15.4 Å². The van der Waals surface area contributed by atoms with Crippen molar-refractivity contribution in [2.75, 3.05) is 23.6 Å². The number of methoxy groups -OCH3 is 1. The van der Waals surface area contributed by atoms with Crippen molar-refractivity contribution in [3.8, 4) is 5.75 Å². The zero-order valence-corrected chi connectivity index (χ0v) is 15.1. The molecule has 0 aliphatic rings. The van der Waals surface area contributed by atoms with E-state index in [4.69, 9.17) is 22.1 Å². The van der Waals surface area contributed by atoms with E-state index in [-0.39, 0.29) is 17.4 Å². The summed E-state index contributed by atoms with van der Waals surface area (Å²) < 4.78 is 5.07. The highest BCUT2D eigenvalue weighted by Gasteiger charge is 2.11. The Morgan fingerprint density at radius 1 is 1.11 bits per heavy atom. The lowest BCUT2D eigenvalue weighted by molar-refractivity contribution is 0.0962. The van der Waals surface area contributed by atoms with Crippen LogP contribution in [0, 0.1) is 0 Å². The predicted molar refractivity (Wildman–Crippen MR) is 105 cm³/mol. The normalized spacial score (nSPS) is 10.1. The zero-order chi connectivity index (χ0) is 19.2. The fraction of sp³-hybridized carbons (Fsp3) is 0.0556. The fourth-order valence-corrected chi connectivity index (χ4v) is 2.42. The summed E-state index contributed by atoms with van der Waals surface area (Å²) in [7, 11) is 1.56. The van der Waals surface area contributed by atoms with E-state index in [9.17, 15) is 4.79 Å². The number of anilines is 4. The number of halogens is 1. The van der Waals surface area contributed by atoms with Gasteiger partial charge in [-0.05, 0) is 42.5 Å². The highest BCUT2D eigenvalue weighted by Crippen LogP contribution is 2.26. The van der Waals surface area contributed by atoms with Gasteiger partial charge in [-0.2, -0.15) is 0 Å². The third-order valence-electron chi connectivity index (χ3n) is 3.62. The monoisotopic (exact) mass is 384 g/mol. The van der Waals surface area contributed by atoms with Crippen molar-refractivity contribution >= 4 is 40.5 Å². The van der Waals surface area contributed by atoms with Gasteiger partial charge in [0.1, 0.15) is 17.8 Å². The van der Waals surface area contributed by atoms with Gasteiger partial charge in [-0.15, -0.1) is 0 Å². The average Bonchev–Trinajstić information content (AvgIpc) is 2.68. The van der Waals surface area contributed by atoms with Crippen LogP contribution < -0.4 is 26.6 Å². The van der Waals surface area contributed by atoms with E-state index in [2.05, 4.69) is 26.1 Å². The topological polar surface area (TPSA) is 114 Å². The SMILES string of the molecule is COc1ccc(C(=O)NNc2ncnc(Nc3cccc(Cl)c3)c2N)cc1. The van der Waals surface area contributed by atoms with Gasteiger partial charge >= 0.3 is 0 Å². The quantitative estimate of drug-likeness (QED) is 0.482. The molecule has 0 saturated carbocycles. The minimum atomic E-state index is -0.347. The van der Waals surface area contributed by atoms with E-state index in [1.807, 2.05) is 6.07 Å². The van der Waals surface area contributed by atoms with Crippen LogP contribution in [0.3, 0.4) is 0 Å². The number of carbonyl (C=O) groups excluding carboxylic acids is 1. The number of hydrogen-bond acceptors (Lipinski definition) is 7. The molecular weight excluding hydrogens is 368 g/mol. The Balaban J connectivity index is 1.69. The predicted octanol–water partition coefficient (Wildman–Crippen LogP) is 3.22. The minimum Gasteiger partial charge on any atom is -0.497 e. The lowest BCUT2D eigenvalue weighted by Gasteiger charge is -2.13. The van der Waals surface area contributed by atoms with Gasteiger partial charge in [0.15, 0.2) is 11.6 Å². The van der Waals surface area contributed by atoms with Crippen molar-refractivity contribution in [3.05, 3.63) is 65.4 Å². The van der Waals surface area contributed by atoms with Crippen LogP contribution in [0.25, 0.3) is 0 Å². The molecule has 0 radical (unpaired) electrons. The second-order valence-electron chi connectivity index (χ2n) is 5.43. The van der Waals surface area contributed by atoms with Gasteiger partial charge in [-0.25, -0.2) is 9.97 Å². The average molecular weight is 385 g/mol. The van der Waals surface area contributed by atoms with Crippen LogP contribution in [-0.4, -0.2) is 23.0 Å². The molecule has 0 spiro atoms. The van der Waals surface area contributed by atoms with Crippen molar-refractivity contribution in [2.24, 2.45) is 0 Å². The molecule has 3 rings (SSSR count).